The average molecular weight is 336 g/mol. The van der Waals surface area contributed by atoms with Crippen LogP contribution in [0, 0.1) is 5.82 Å². The van der Waals surface area contributed by atoms with E-state index in [-0.39, 0.29) is 23.6 Å². The molecule has 3 rings (SSSR count). The highest BCUT2D eigenvalue weighted by Crippen LogP contribution is 2.26. The van der Waals surface area contributed by atoms with Crippen LogP contribution >= 0.6 is 0 Å². The first kappa shape index (κ1) is 17.2. The molecule has 6 heteroatoms. The van der Waals surface area contributed by atoms with E-state index in [1.807, 2.05) is 0 Å². The summed E-state index contributed by atoms with van der Waals surface area (Å²) in [5.74, 6) is -0.395. The summed E-state index contributed by atoms with van der Waals surface area (Å²) in [6.07, 6.45) is 3.24. The molecule has 0 spiro atoms. The fourth-order valence-corrected chi connectivity index (χ4v) is 3.68. The monoisotopic (exact) mass is 336 g/mol. The number of ether oxygens (including phenoxy) is 2. The highest BCUT2D eigenvalue weighted by atomic mass is 19.1. The first-order valence-corrected chi connectivity index (χ1v) is 8.52. The Morgan fingerprint density at radius 1 is 1.29 bits per heavy atom. The van der Waals surface area contributed by atoms with Gasteiger partial charge in [0.1, 0.15) is 11.6 Å². The van der Waals surface area contributed by atoms with Crippen LogP contribution in [0.3, 0.4) is 0 Å². The molecule has 2 heterocycles. The summed E-state index contributed by atoms with van der Waals surface area (Å²) in [6.45, 7) is 3.50. The fraction of sp³-hybridized carbons (Fsp3) is 0.611. The van der Waals surface area contributed by atoms with E-state index in [0.29, 0.717) is 12.3 Å². The predicted octanol–water partition coefficient (Wildman–Crippen LogP) is 2.16. The number of amides is 1. The molecule has 2 fully saturated rings. The van der Waals surface area contributed by atoms with Crippen LogP contribution < -0.4 is 4.74 Å². The van der Waals surface area contributed by atoms with Gasteiger partial charge in [-0.3, -0.25) is 4.79 Å². The lowest BCUT2D eigenvalue weighted by molar-refractivity contribution is 0.0665. The first-order valence-electron chi connectivity index (χ1n) is 8.52. The molecule has 2 atom stereocenters. The second-order valence-corrected chi connectivity index (χ2v) is 6.56. The van der Waals surface area contributed by atoms with Crippen LogP contribution in [0.4, 0.5) is 4.39 Å². The van der Waals surface area contributed by atoms with Gasteiger partial charge in [-0.2, -0.15) is 0 Å². The molecule has 132 valence electrons. The Morgan fingerprint density at radius 3 is 2.67 bits per heavy atom. The maximum absolute atomic E-state index is 14.3. The van der Waals surface area contributed by atoms with Gasteiger partial charge >= 0.3 is 0 Å². The van der Waals surface area contributed by atoms with Crippen molar-refractivity contribution in [3.63, 3.8) is 0 Å². The zero-order valence-electron chi connectivity index (χ0n) is 14.3. The molecule has 0 radical (unpaired) electrons. The Morgan fingerprint density at radius 2 is 2.04 bits per heavy atom. The number of carbonyl (C=O) groups is 1. The predicted molar refractivity (Wildman–Crippen MR) is 88.9 cm³/mol. The number of hydrogen-bond donors (Lipinski definition) is 0. The molecular formula is C18H25FN2O3. The average Bonchev–Trinajstić information content (AvgIpc) is 3.24. The summed E-state index contributed by atoms with van der Waals surface area (Å²) in [5, 5.41) is 0. The van der Waals surface area contributed by atoms with Crippen LogP contribution in [0.5, 0.6) is 5.75 Å². The van der Waals surface area contributed by atoms with Gasteiger partial charge in [-0.05, 0) is 44.5 Å². The highest BCUT2D eigenvalue weighted by molar-refractivity contribution is 5.95. The number of benzene rings is 1. The summed E-state index contributed by atoms with van der Waals surface area (Å²) in [6, 6.07) is 4.45. The number of hydrogen-bond acceptors (Lipinski definition) is 4. The molecule has 0 bridgehead atoms. The lowest BCUT2D eigenvalue weighted by atomic mass is 10.1. The molecule has 0 N–H and O–H groups in total. The van der Waals surface area contributed by atoms with E-state index < -0.39 is 5.82 Å². The van der Waals surface area contributed by atoms with Crippen molar-refractivity contribution in [2.75, 3.05) is 40.4 Å². The summed E-state index contributed by atoms with van der Waals surface area (Å²) < 4.78 is 24.8. The van der Waals surface area contributed by atoms with Crippen molar-refractivity contribution in [2.24, 2.45) is 0 Å². The molecule has 24 heavy (non-hydrogen) atoms. The van der Waals surface area contributed by atoms with E-state index in [0.717, 1.165) is 26.1 Å². The third kappa shape index (κ3) is 3.54. The van der Waals surface area contributed by atoms with Gasteiger partial charge in [0.05, 0.1) is 18.8 Å². The van der Waals surface area contributed by atoms with E-state index in [4.69, 9.17) is 9.47 Å². The molecular weight excluding hydrogens is 311 g/mol. The zero-order chi connectivity index (χ0) is 17.1. The lowest BCUT2D eigenvalue weighted by Crippen LogP contribution is -2.42. The van der Waals surface area contributed by atoms with Crippen LogP contribution in [0.25, 0.3) is 0 Å². The highest BCUT2D eigenvalue weighted by Gasteiger charge is 2.37. The Balaban J connectivity index is 1.77. The standard InChI is InChI=1S/C18H25FN2O3/c1-23-14-5-6-16(17(19)10-14)18(22)21-12-15(24-2)9-13(21)11-20-7-3-4-8-20/h5-6,10,13,15H,3-4,7-9,11-12H2,1-2H3/t13-,15-/m0/s1. The van der Waals surface area contributed by atoms with Gasteiger partial charge in [-0.15, -0.1) is 0 Å². The van der Waals surface area contributed by atoms with Crippen molar-refractivity contribution in [1.82, 2.24) is 9.80 Å². The van der Waals surface area contributed by atoms with E-state index in [1.165, 1.54) is 32.1 Å². The van der Waals surface area contributed by atoms with Gasteiger partial charge in [-0.25, -0.2) is 4.39 Å². The van der Waals surface area contributed by atoms with Crippen LogP contribution in [-0.4, -0.2) is 68.3 Å². The third-order valence-corrected chi connectivity index (χ3v) is 5.04. The molecule has 0 unspecified atom stereocenters. The van der Waals surface area contributed by atoms with Gasteiger partial charge in [0, 0.05) is 32.3 Å². The maximum atomic E-state index is 14.3. The number of nitrogens with zero attached hydrogens (tertiary/aromatic N) is 2. The Hall–Kier alpha value is -1.66. The number of halogens is 1. The topological polar surface area (TPSA) is 42.0 Å². The third-order valence-electron chi connectivity index (χ3n) is 5.04. The minimum Gasteiger partial charge on any atom is -0.497 e. The first-order chi connectivity index (χ1) is 11.6. The molecule has 2 aliphatic rings. The van der Waals surface area contributed by atoms with Crippen molar-refractivity contribution in [3.8, 4) is 5.75 Å². The van der Waals surface area contributed by atoms with Gasteiger partial charge < -0.3 is 19.3 Å². The van der Waals surface area contributed by atoms with E-state index >= 15 is 0 Å². The van der Waals surface area contributed by atoms with Crippen molar-refractivity contribution in [2.45, 2.75) is 31.4 Å². The van der Waals surface area contributed by atoms with Crippen molar-refractivity contribution < 1.29 is 18.7 Å². The number of rotatable bonds is 5. The van der Waals surface area contributed by atoms with Gasteiger partial charge in [-0.1, -0.05) is 0 Å². The van der Waals surface area contributed by atoms with E-state index in [2.05, 4.69) is 4.90 Å². The minimum atomic E-state index is -0.542. The second-order valence-electron chi connectivity index (χ2n) is 6.56. The second kappa shape index (κ2) is 7.49. The summed E-state index contributed by atoms with van der Waals surface area (Å²) in [4.78, 5) is 17.0. The summed E-state index contributed by atoms with van der Waals surface area (Å²) >= 11 is 0. The smallest absolute Gasteiger partial charge is 0.257 e. The van der Waals surface area contributed by atoms with Gasteiger partial charge in [0.15, 0.2) is 0 Å². The van der Waals surface area contributed by atoms with Crippen molar-refractivity contribution in [1.29, 1.82) is 0 Å². The maximum Gasteiger partial charge on any atom is 0.257 e. The molecule has 5 nitrogen and oxygen atoms in total. The summed E-state index contributed by atoms with van der Waals surface area (Å²) in [5.41, 5.74) is 0.0963. The lowest BCUT2D eigenvalue weighted by Gasteiger charge is -2.28. The molecule has 0 aromatic heterocycles. The van der Waals surface area contributed by atoms with Crippen LogP contribution in [0.15, 0.2) is 18.2 Å². The van der Waals surface area contributed by atoms with Gasteiger partial charge in [0.2, 0.25) is 0 Å². The zero-order valence-corrected chi connectivity index (χ0v) is 14.3. The van der Waals surface area contributed by atoms with E-state index in [9.17, 15) is 9.18 Å². The quantitative estimate of drug-likeness (QED) is 0.826. The fourth-order valence-electron chi connectivity index (χ4n) is 3.68. The van der Waals surface area contributed by atoms with Crippen LogP contribution in [-0.2, 0) is 4.74 Å². The molecule has 1 amide bonds. The van der Waals surface area contributed by atoms with E-state index in [1.54, 1.807) is 18.1 Å². The molecule has 2 saturated heterocycles. The SMILES string of the molecule is COc1ccc(C(=O)N2C[C@@H](OC)C[C@H]2CN2CCCC2)c(F)c1. The summed E-state index contributed by atoms with van der Waals surface area (Å²) in [7, 11) is 3.14. The molecule has 0 aliphatic carbocycles. The van der Waals surface area contributed by atoms with Crippen molar-refractivity contribution >= 4 is 5.91 Å². The molecule has 2 aliphatic heterocycles. The number of likely N-dealkylation sites (tertiary alicyclic amines) is 2. The molecule has 1 aromatic carbocycles. The Labute approximate surface area is 142 Å². The van der Waals surface area contributed by atoms with Crippen LogP contribution in [0.1, 0.15) is 29.6 Å². The molecule has 0 saturated carbocycles. The Bertz CT molecular complexity index is 590. The number of methoxy groups -OCH3 is 2. The normalized spacial score (nSPS) is 24.5. The minimum absolute atomic E-state index is 0.0165. The molecule has 1 aromatic rings. The largest absolute Gasteiger partial charge is 0.497 e. The van der Waals surface area contributed by atoms with Crippen molar-refractivity contribution in [3.05, 3.63) is 29.6 Å². The van der Waals surface area contributed by atoms with Gasteiger partial charge in [0.25, 0.3) is 5.91 Å². The number of carbonyl (C=O) groups excluding carboxylic acids is 1. The van der Waals surface area contributed by atoms with Crippen LogP contribution in [0.2, 0.25) is 0 Å². The Kier molecular flexibility index (Phi) is 5.36.